The van der Waals surface area contributed by atoms with E-state index < -0.39 is 6.10 Å². The largest absolute Gasteiger partial charge is 0.392 e. The lowest BCUT2D eigenvalue weighted by Crippen LogP contribution is -2.17. The molecule has 1 unspecified atom stereocenters. The van der Waals surface area contributed by atoms with Crippen LogP contribution in [0.3, 0.4) is 0 Å². The van der Waals surface area contributed by atoms with E-state index in [2.05, 4.69) is 10.1 Å². The van der Waals surface area contributed by atoms with Gasteiger partial charge in [0.15, 0.2) is 0 Å². The monoisotopic (exact) mass is 299 g/mol. The van der Waals surface area contributed by atoms with Gasteiger partial charge in [0.05, 0.1) is 33.2 Å². The van der Waals surface area contributed by atoms with Gasteiger partial charge in [0.2, 0.25) is 0 Å². The van der Waals surface area contributed by atoms with Gasteiger partial charge in [-0.2, -0.15) is 5.10 Å². The van der Waals surface area contributed by atoms with Crippen LogP contribution in [0, 0.1) is 13.8 Å². The van der Waals surface area contributed by atoms with Crippen molar-refractivity contribution in [1.82, 2.24) is 14.8 Å². The first kappa shape index (κ1) is 14.5. The third-order valence-electron chi connectivity index (χ3n) is 2.99. The predicted octanol–water partition coefficient (Wildman–Crippen LogP) is 2.78. The molecular weight excluding hydrogens is 282 g/mol. The van der Waals surface area contributed by atoms with Crippen LogP contribution in [0.1, 0.15) is 29.0 Å². The minimum atomic E-state index is -0.486. The molecule has 19 heavy (non-hydrogen) atoms. The van der Waals surface area contributed by atoms with Crippen molar-refractivity contribution in [3.63, 3.8) is 0 Å². The molecule has 6 heteroatoms. The van der Waals surface area contributed by atoms with Gasteiger partial charge in [0.25, 0.3) is 0 Å². The molecule has 0 saturated carbocycles. The minimum absolute atomic E-state index is 0.486. The van der Waals surface area contributed by atoms with Crippen LogP contribution in [-0.4, -0.2) is 26.0 Å². The summed E-state index contributed by atoms with van der Waals surface area (Å²) in [5.41, 5.74) is 2.65. The summed E-state index contributed by atoms with van der Waals surface area (Å²) in [6.45, 7) is 6.62. The molecule has 0 amide bonds. The number of aromatic nitrogens is 3. The molecule has 0 radical (unpaired) electrons. The highest BCUT2D eigenvalue weighted by molar-refractivity contribution is 7.09. The maximum atomic E-state index is 10.2. The lowest BCUT2D eigenvalue weighted by molar-refractivity contribution is 0.171. The Labute approximate surface area is 122 Å². The van der Waals surface area contributed by atoms with Crippen LogP contribution in [-0.2, 0) is 19.4 Å². The fourth-order valence-electron chi connectivity index (χ4n) is 2.10. The minimum Gasteiger partial charge on any atom is -0.392 e. The summed E-state index contributed by atoms with van der Waals surface area (Å²) in [6, 6.07) is 0. The van der Waals surface area contributed by atoms with Crippen molar-refractivity contribution in [1.29, 1.82) is 0 Å². The molecule has 104 valence electrons. The molecule has 0 aliphatic heterocycles. The summed E-state index contributed by atoms with van der Waals surface area (Å²) < 4.78 is 1.85. The number of hydrogen-bond donors (Lipinski definition) is 1. The first-order valence-electron chi connectivity index (χ1n) is 6.32. The predicted molar refractivity (Wildman–Crippen MR) is 77.9 cm³/mol. The van der Waals surface area contributed by atoms with Gasteiger partial charge < -0.3 is 5.11 Å². The van der Waals surface area contributed by atoms with Crippen LogP contribution in [0.2, 0.25) is 5.02 Å². The Kier molecular flexibility index (Phi) is 4.60. The Hall–Kier alpha value is -0.910. The van der Waals surface area contributed by atoms with Gasteiger partial charge in [-0.15, -0.1) is 11.3 Å². The highest BCUT2D eigenvalue weighted by Gasteiger charge is 2.17. The molecule has 0 fully saturated rings. The highest BCUT2D eigenvalue weighted by Crippen LogP contribution is 2.22. The molecule has 2 heterocycles. The van der Waals surface area contributed by atoms with Crippen LogP contribution in [0.4, 0.5) is 0 Å². The lowest BCUT2D eigenvalue weighted by Gasteiger charge is -2.11. The molecule has 1 N–H and O–H groups in total. The van der Waals surface area contributed by atoms with Crippen molar-refractivity contribution in [2.45, 2.75) is 46.3 Å². The summed E-state index contributed by atoms with van der Waals surface area (Å²) in [7, 11) is 0. The molecule has 2 rings (SSSR count). The zero-order valence-corrected chi connectivity index (χ0v) is 12.9. The lowest BCUT2D eigenvalue weighted by atomic mass is 10.1. The first-order chi connectivity index (χ1) is 9.01. The smallest absolute Gasteiger partial charge is 0.0897 e. The zero-order chi connectivity index (χ0) is 14.0. The fourth-order valence-corrected chi connectivity index (χ4v) is 2.94. The number of thiazole rings is 1. The van der Waals surface area contributed by atoms with Gasteiger partial charge in [-0.05, 0) is 20.8 Å². The Bertz CT molecular complexity index is 564. The summed E-state index contributed by atoms with van der Waals surface area (Å²) in [4.78, 5) is 4.37. The van der Waals surface area contributed by atoms with E-state index in [9.17, 15) is 5.11 Å². The summed E-state index contributed by atoms with van der Waals surface area (Å²) in [5, 5.41) is 18.2. The Morgan fingerprint density at radius 2 is 2.16 bits per heavy atom. The molecule has 4 nitrogen and oxygen atoms in total. The summed E-state index contributed by atoms with van der Waals surface area (Å²) in [5.74, 6) is 0. The van der Waals surface area contributed by atoms with E-state index in [1.54, 1.807) is 11.3 Å². The average molecular weight is 300 g/mol. The summed E-state index contributed by atoms with van der Waals surface area (Å²) in [6.07, 6.45) is 0.569. The van der Waals surface area contributed by atoms with E-state index in [0.29, 0.717) is 17.9 Å². The molecule has 1 atom stereocenters. The normalized spacial score (nSPS) is 12.9. The molecule has 0 spiro atoms. The van der Waals surface area contributed by atoms with Crippen LogP contribution >= 0.6 is 22.9 Å². The molecular formula is C13H18ClN3OS. The van der Waals surface area contributed by atoms with Gasteiger partial charge in [0.1, 0.15) is 0 Å². The maximum absolute atomic E-state index is 10.2. The zero-order valence-electron chi connectivity index (χ0n) is 11.4. The Balaban J connectivity index is 2.08. The standard InChI is InChI=1S/C13H18ClN3OS/c1-4-17-12(13(14)8(2)16-17)6-11(18)5-10-7-19-9(3)15-10/h7,11,18H,4-6H2,1-3H3. The molecule has 0 aromatic carbocycles. The number of nitrogens with zero attached hydrogens (tertiary/aromatic N) is 3. The number of aliphatic hydroxyl groups excluding tert-OH is 1. The number of hydrogen-bond acceptors (Lipinski definition) is 4. The van der Waals surface area contributed by atoms with E-state index >= 15 is 0 Å². The van der Waals surface area contributed by atoms with Gasteiger partial charge in [-0.25, -0.2) is 4.98 Å². The van der Waals surface area contributed by atoms with Gasteiger partial charge in [-0.1, -0.05) is 11.6 Å². The van der Waals surface area contributed by atoms with Gasteiger partial charge >= 0.3 is 0 Å². The second-order valence-electron chi connectivity index (χ2n) is 4.58. The Morgan fingerprint density at radius 1 is 1.42 bits per heavy atom. The number of aliphatic hydroxyl groups is 1. The molecule has 2 aromatic rings. The van der Waals surface area contributed by atoms with Crippen LogP contribution < -0.4 is 0 Å². The molecule has 0 aliphatic rings. The fraction of sp³-hybridized carbons (Fsp3) is 0.538. The van der Waals surface area contributed by atoms with E-state index in [0.717, 1.165) is 28.6 Å². The van der Waals surface area contributed by atoms with Crippen molar-refractivity contribution in [2.24, 2.45) is 0 Å². The topological polar surface area (TPSA) is 50.9 Å². The van der Waals surface area contributed by atoms with Crippen LogP contribution in [0.15, 0.2) is 5.38 Å². The average Bonchev–Trinajstić information content (AvgIpc) is 2.87. The molecule has 0 bridgehead atoms. The quantitative estimate of drug-likeness (QED) is 0.923. The van der Waals surface area contributed by atoms with Crippen molar-refractivity contribution >= 4 is 22.9 Å². The molecule has 0 saturated heterocycles. The highest BCUT2D eigenvalue weighted by atomic mass is 35.5. The number of aryl methyl sites for hydroxylation is 3. The van der Waals surface area contributed by atoms with Crippen molar-refractivity contribution in [3.8, 4) is 0 Å². The van der Waals surface area contributed by atoms with Gasteiger partial charge in [0, 0.05) is 24.8 Å². The molecule has 0 aliphatic carbocycles. The van der Waals surface area contributed by atoms with Crippen LogP contribution in [0.25, 0.3) is 0 Å². The van der Waals surface area contributed by atoms with Crippen molar-refractivity contribution in [2.75, 3.05) is 0 Å². The van der Waals surface area contributed by atoms with E-state index in [-0.39, 0.29) is 0 Å². The third-order valence-corrected chi connectivity index (χ3v) is 4.31. The second kappa shape index (κ2) is 6.03. The van der Waals surface area contributed by atoms with Crippen LogP contribution in [0.5, 0.6) is 0 Å². The second-order valence-corrected chi connectivity index (χ2v) is 6.02. The maximum Gasteiger partial charge on any atom is 0.0897 e. The third kappa shape index (κ3) is 3.35. The van der Waals surface area contributed by atoms with Crippen molar-refractivity contribution in [3.05, 3.63) is 32.5 Å². The van der Waals surface area contributed by atoms with E-state index in [1.165, 1.54) is 0 Å². The van der Waals surface area contributed by atoms with E-state index in [1.807, 2.05) is 30.8 Å². The van der Waals surface area contributed by atoms with E-state index in [4.69, 9.17) is 11.6 Å². The SMILES string of the molecule is CCn1nc(C)c(Cl)c1CC(O)Cc1csc(C)n1. The van der Waals surface area contributed by atoms with Gasteiger partial charge in [-0.3, -0.25) is 4.68 Å². The number of rotatable bonds is 5. The summed E-state index contributed by atoms with van der Waals surface area (Å²) >= 11 is 7.84. The first-order valence-corrected chi connectivity index (χ1v) is 7.57. The number of halogens is 1. The Morgan fingerprint density at radius 3 is 2.74 bits per heavy atom. The molecule has 2 aromatic heterocycles. The van der Waals surface area contributed by atoms with Crippen molar-refractivity contribution < 1.29 is 5.11 Å².